The fourth-order valence-electron chi connectivity index (χ4n) is 0.992. The summed E-state index contributed by atoms with van der Waals surface area (Å²) in [7, 11) is 0. The van der Waals surface area contributed by atoms with Crippen molar-refractivity contribution in [2.75, 3.05) is 12.3 Å². The summed E-state index contributed by atoms with van der Waals surface area (Å²) in [5, 5.41) is 3.26. The van der Waals surface area contributed by atoms with E-state index in [1.807, 2.05) is 11.8 Å². The van der Waals surface area contributed by atoms with Crippen LogP contribution in [0.15, 0.2) is 28.6 Å². The van der Waals surface area contributed by atoms with Crippen LogP contribution >= 0.6 is 23.1 Å². The standard InChI is InChI=1S/C9H9NS2/c1-2-8(11-6-1)3-4-9-10-5-7-12-9/h1-4,6H,5,7H2/b4-3+. The van der Waals surface area contributed by atoms with Gasteiger partial charge in [-0.3, -0.25) is 4.99 Å². The van der Waals surface area contributed by atoms with E-state index in [0.717, 1.165) is 12.3 Å². The Morgan fingerprint density at radius 1 is 1.42 bits per heavy atom. The van der Waals surface area contributed by atoms with Crippen LogP contribution in [0.4, 0.5) is 0 Å². The minimum Gasteiger partial charge on any atom is -0.278 e. The molecule has 0 atom stereocenters. The molecule has 0 unspecified atom stereocenters. The zero-order valence-electron chi connectivity index (χ0n) is 6.56. The van der Waals surface area contributed by atoms with E-state index in [-0.39, 0.29) is 0 Å². The number of rotatable bonds is 2. The summed E-state index contributed by atoms with van der Waals surface area (Å²) in [6.45, 7) is 0.981. The smallest absolute Gasteiger partial charge is 0.0905 e. The van der Waals surface area contributed by atoms with Gasteiger partial charge in [0.1, 0.15) is 0 Å². The van der Waals surface area contributed by atoms with E-state index in [4.69, 9.17) is 0 Å². The second-order valence-electron chi connectivity index (χ2n) is 2.42. The van der Waals surface area contributed by atoms with Crippen molar-refractivity contribution in [3.8, 4) is 0 Å². The molecule has 0 N–H and O–H groups in total. The Bertz CT molecular complexity index is 298. The lowest BCUT2D eigenvalue weighted by molar-refractivity contribution is 1.18. The molecule has 0 bridgehead atoms. The third kappa shape index (κ3) is 1.99. The fourth-order valence-corrected chi connectivity index (χ4v) is 2.35. The quantitative estimate of drug-likeness (QED) is 0.707. The SMILES string of the molecule is C(=C\c1cccs1)/C1=NCCS1. The molecule has 2 heterocycles. The summed E-state index contributed by atoms with van der Waals surface area (Å²) < 4.78 is 0. The van der Waals surface area contributed by atoms with Gasteiger partial charge in [0.05, 0.1) is 5.04 Å². The molecule has 0 amide bonds. The highest BCUT2D eigenvalue weighted by Crippen LogP contribution is 2.15. The first-order chi connectivity index (χ1) is 5.95. The molecule has 62 valence electrons. The highest BCUT2D eigenvalue weighted by atomic mass is 32.2. The van der Waals surface area contributed by atoms with Gasteiger partial charge in [-0.05, 0) is 23.6 Å². The predicted octanol–water partition coefficient (Wildman–Crippen LogP) is 2.91. The third-order valence-electron chi connectivity index (χ3n) is 1.54. The van der Waals surface area contributed by atoms with Gasteiger partial charge in [-0.2, -0.15) is 0 Å². The molecule has 1 aromatic heterocycles. The van der Waals surface area contributed by atoms with Gasteiger partial charge in [0.25, 0.3) is 0 Å². The molecule has 0 aromatic carbocycles. The number of thiophene rings is 1. The fraction of sp³-hybridized carbons (Fsp3) is 0.222. The average molecular weight is 195 g/mol. The van der Waals surface area contributed by atoms with Crippen molar-refractivity contribution in [2.45, 2.75) is 0 Å². The van der Waals surface area contributed by atoms with E-state index in [1.165, 1.54) is 9.92 Å². The minimum absolute atomic E-state index is 0.981. The summed E-state index contributed by atoms with van der Waals surface area (Å²) in [5.41, 5.74) is 0. The van der Waals surface area contributed by atoms with Crippen LogP contribution in [0.25, 0.3) is 6.08 Å². The van der Waals surface area contributed by atoms with Gasteiger partial charge >= 0.3 is 0 Å². The Kier molecular flexibility index (Phi) is 2.64. The maximum Gasteiger partial charge on any atom is 0.0905 e. The van der Waals surface area contributed by atoms with Crippen LogP contribution in [0.3, 0.4) is 0 Å². The van der Waals surface area contributed by atoms with Gasteiger partial charge in [-0.25, -0.2) is 0 Å². The van der Waals surface area contributed by atoms with Crippen molar-refractivity contribution < 1.29 is 0 Å². The number of nitrogens with zero attached hydrogens (tertiary/aromatic N) is 1. The maximum absolute atomic E-state index is 4.33. The van der Waals surface area contributed by atoms with Gasteiger partial charge in [0, 0.05) is 17.2 Å². The normalized spacial score (nSPS) is 17.2. The zero-order chi connectivity index (χ0) is 8.23. The highest BCUT2D eigenvalue weighted by molar-refractivity contribution is 8.14. The molecule has 1 aliphatic rings. The van der Waals surface area contributed by atoms with E-state index in [1.54, 1.807) is 11.3 Å². The summed E-state index contributed by atoms with van der Waals surface area (Å²) >= 11 is 3.59. The molecule has 2 rings (SSSR count). The first kappa shape index (κ1) is 8.08. The molecule has 0 radical (unpaired) electrons. The molecule has 0 saturated heterocycles. The van der Waals surface area contributed by atoms with Crippen molar-refractivity contribution in [3.05, 3.63) is 28.5 Å². The topological polar surface area (TPSA) is 12.4 Å². The van der Waals surface area contributed by atoms with Crippen LogP contribution in [-0.4, -0.2) is 17.3 Å². The molecule has 1 aromatic rings. The molecule has 0 fully saturated rings. The van der Waals surface area contributed by atoms with Crippen molar-refractivity contribution in [1.82, 2.24) is 0 Å². The van der Waals surface area contributed by atoms with Crippen molar-refractivity contribution in [2.24, 2.45) is 4.99 Å². The molecular formula is C9H9NS2. The van der Waals surface area contributed by atoms with E-state index in [9.17, 15) is 0 Å². The number of aliphatic imine (C=N–C) groups is 1. The zero-order valence-corrected chi connectivity index (χ0v) is 8.20. The van der Waals surface area contributed by atoms with Crippen LogP contribution in [0.2, 0.25) is 0 Å². The van der Waals surface area contributed by atoms with Crippen LogP contribution in [-0.2, 0) is 0 Å². The van der Waals surface area contributed by atoms with Crippen molar-refractivity contribution in [3.63, 3.8) is 0 Å². The van der Waals surface area contributed by atoms with E-state index in [0.29, 0.717) is 0 Å². The van der Waals surface area contributed by atoms with Gasteiger partial charge in [-0.1, -0.05) is 6.07 Å². The van der Waals surface area contributed by atoms with Crippen molar-refractivity contribution in [1.29, 1.82) is 0 Å². The molecule has 1 nitrogen and oxygen atoms in total. The van der Waals surface area contributed by atoms with Crippen molar-refractivity contribution >= 4 is 34.2 Å². The summed E-state index contributed by atoms with van der Waals surface area (Å²) in [6.07, 6.45) is 4.23. The minimum atomic E-state index is 0.981. The van der Waals surface area contributed by atoms with Crippen LogP contribution in [0.5, 0.6) is 0 Å². The molecule has 0 spiro atoms. The Balaban J connectivity index is 2.02. The summed E-state index contributed by atoms with van der Waals surface area (Å²) in [4.78, 5) is 5.63. The Hall–Kier alpha value is -0.540. The average Bonchev–Trinajstić information content (AvgIpc) is 2.74. The first-order valence-electron chi connectivity index (χ1n) is 3.84. The largest absolute Gasteiger partial charge is 0.278 e. The summed E-state index contributed by atoms with van der Waals surface area (Å²) in [6, 6.07) is 4.18. The van der Waals surface area contributed by atoms with E-state index < -0.39 is 0 Å². The second kappa shape index (κ2) is 3.92. The second-order valence-corrected chi connectivity index (χ2v) is 4.51. The van der Waals surface area contributed by atoms with Crippen LogP contribution in [0.1, 0.15) is 4.88 Å². The molecule has 12 heavy (non-hydrogen) atoms. The molecule has 3 heteroatoms. The van der Waals surface area contributed by atoms with Gasteiger partial charge in [0.15, 0.2) is 0 Å². The number of thioether (sulfide) groups is 1. The number of hydrogen-bond donors (Lipinski definition) is 0. The molecule has 1 aliphatic heterocycles. The Labute approximate surface area is 80.2 Å². The van der Waals surface area contributed by atoms with Crippen LogP contribution < -0.4 is 0 Å². The first-order valence-corrected chi connectivity index (χ1v) is 5.70. The Morgan fingerprint density at radius 3 is 3.08 bits per heavy atom. The lowest BCUT2D eigenvalue weighted by Gasteiger charge is -1.86. The predicted molar refractivity (Wildman–Crippen MR) is 58.1 cm³/mol. The Morgan fingerprint density at radius 2 is 2.42 bits per heavy atom. The van der Waals surface area contributed by atoms with Gasteiger partial charge < -0.3 is 0 Å². The van der Waals surface area contributed by atoms with Gasteiger partial charge in [0.2, 0.25) is 0 Å². The third-order valence-corrected chi connectivity index (χ3v) is 3.33. The monoisotopic (exact) mass is 195 g/mol. The van der Waals surface area contributed by atoms with Crippen LogP contribution in [0, 0.1) is 0 Å². The van der Waals surface area contributed by atoms with Gasteiger partial charge in [-0.15, -0.1) is 23.1 Å². The number of hydrogen-bond acceptors (Lipinski definition) is 3. The summed E-state index contributed by atoms with van der Waals surface area (Å²) in [5.74, 6) is 1.14. The molecule has 0 aliphatic carbocycles. The molecular weight excluding hydrogens is 186 g/mol. The molecule has 0 saturated carbocycles. The van der Waals surface area contributed by atoms with E-state index >= 15 is 0 Å². The lowest BCUT2D eigenvalue weighted by Crippen LogP contribution is -1.76. The van der Waals surface area contributed by atoms with E-state index in [2.05, 4.69) is 34.7 Å². The maximum atomic E-state index is 4.33. The lowest BCUT2D eigenvalue weighted by atomic mass is 10.4. The highest BCUT2D eigenvalue weighted by Gasteiger charge is 2.01.